The highest BCUT2D eigenvalue weighted by molar-refractivity contribution is 8.12. The fourth-order valence-electron chi connectivity index (χ4n) is 0.657. The second kappa shape index (κ2) is 14.0. The lowest BCUT2D eigenvalue weighted by Crippen LogP contribution is -1.49. The van der Waals surface area contributed by atoms with Crippen molar-refractivity contribution in [3.63, 3.8) is 0 Å². The minimum absolute atomic E-state index is 1.68. The van der Waals surface area contributed by atoms with Crippen molar-refractivity contribution < 1.29 is 0 Å². The first-order chi connectivity index (χ1) is 9.00. The Hall–Kier alpha value is 0.540. The SMILES string of the molecule is C1=CSC=CSC=CSC=CSC=CSC=CS1. The van der Waals surface area contributed by atoms with E-state index in [1.807, 2.05) is 0 Å². The van der Waals surface area contributed by atoms with E-state index in [9.17, 15) is 0 Å². The number of thioether (sulfide) groups is 6. The van der Waals surface area contributed by atoms with Crippen molar-refractivity contribution in [2.45, 2.75) is 0 Å². The maximum atomic E-state index is 2.08. The Balaban J connectivity index is 2.40. The van der Waals surface area contributed by atoms with Gasteiger partial charge in [0.15, 0.2) is 0 Å². The zero-order valence-corrected chi connectivity index (χ0v) is 14.3. The quantitative estimate of drug-likeness (QED) is 0.449. The first-order valence-electron chi connectivity index (χ1n) is 4.83. The van der Waals surface area contributed by atoms with E-state index in [-0.39, 0.29) is 0 Å². The molecule has 0 nitrogen and oxygen atoms in total. The van der Waals surface area contributed by atoms with Gasteiger partial charge in [-0.15, -0.1) is 70.6 Å². The van der Waals surface area contributed by atoms with Crippen molar-refractivity contribution in [1.82, 2.24) is 0 Å². The Morgan fingerprint density at radius 2 is 0.333 bits per heavy atom. The molecule has 1 aliphatic rings. The molecule has 0 saturated carbocycles. The van der Waals surface area contributed by atoms with Crippen molar-refractivity contribution in [2.24, 2.45) is 0 Å². The van der Waals surface area contributed by atoms with Gasteiger partial charge in [0.05, 0.1) is 0 Å². The summed E-state index contributed by atoms with van der Waals surface area (Å²) in [5.41, 5.74) is 0. The molecule has 0 amide bonds. The second-order valence-electron chi connectivity index (χ2n) is 2.45. The summed E-state index contributed by atoms with van der Waals surface area (Å²) in [5, 5.41) is 24.9. The zero-order chi connectivity index (χ0) is 12.7. The molecule has 1 aliphatic heterocycles. The van der Waals surface area contributed by atoms with Gasteiger partial charge >= 0.3 is 0 Å². The summed E-state index contributed by atoms with van der Waals surface area (Å²) < 4.78 is 0. The molecular formula is C12H12S6. The summed E-state index contributed by atoms with van der Waals surface area (Å²) in [6.07, 6.45) is 0. The predicted octanol–water partition coefficient (Wildman–Crippen LogP) is 7.23. The van der Waals surface area contributed by atoms with Gasteiger partial charge in [-0.3, -0.25) is 0 Å². The highest BCUT2D eigenvalue weighted by Crippen LogP contribution is 2.19. The Bertz CT molecular complexity index is 248. The summed E-state index contributed by atoms with van der Waals surface area (Å²) >= 11 is 10.1. The number of rotatable bonds is 0. The number of hydrogen-bond donors (Lipinski definition) is 0. The van der Waals surface area contributed by atoms with Crippen LogP contribution < -0.4 is 0 Å². The summed E-state index contributed by atoms with van der Waals surface area (Å²) in [4.78, 5) is 0. The molecule has 96 valence electrons. The van der Waals surface area contributed by atoms with Gasteiger partial charge in [-0.1, -0.05) is 0 Å². The van der Waals surface area contributed by atoms with Crippen LogP contribution in [0, 0.1) is 0 Å². The molecular weight excluding hydrogens is 337 g/mol. The lowest BCUT2D eigenvalue weighted by atomic mass is 11.2. The van der Waals surface area contributed by atoms with Crippen LogP contribution in [0.1, 0.15) is 0 Å². The van der Waals surface area contributed by atoms with Crippen LogP contribution in [0.3, 0.4) is 0 Å². The van der Waals surface area contributed by atoms with Crippen molar-refractivity contribution in [2.75, 3.05) is 0 Å². The molecule has 1 rings (SSSR count). The molecule has 0 atom stereocenters. The lowest BCUT2D eigenvalue weighted by Gasteiger charge is -1.86. The molecule has 1 heterocycles. The van der Waals surface area contributed by atoms with Gasteiger partial charge in [-0.05, 0) is 64.9 Å². The molecule has 18 heavy (non-hydrogen) atoms. The zero-order valence-electron chi connectivity index (χ0n) is 9.38. The van der Waals surface area contributed by atoms with Crippen LogP contribution in [0.4, 0.5) is 0 Å². The van der Waals surface area contributed by atoms with E-state index >= 15 is 0 Å². The molecule has 0 bridgehead atoms. The summed E-state index contributed by atoms with van der Waals surface area (Å²) in [5.74, 6) is 0. The van der Waals surface area contributed by atoms with Crippen LogP contribution in [0.5, 0.6) is 0 Å². The standard InChI is InChI=1S/C12H12S6/c1-2-14-5-6-16-9-10-18-12-11-17-8-7-15-4-3-13-1/h1-12H. The highest BCUT2D eigenvalue weighted by Gasteiger charge is 1.78. The Kier molecular flexibility index (Phi) is 12.9. The normalized spacial score (nSPS) is 18.7. The third kappa shape index (κ3) is 11.6. The minimum Gasteiger partial charge on any atom is -0.105 e. The van der Waals surface area contributed by atoms with E-state index in [0.29, 0.717) is 0 Å². The van der Waals surface area contributed by atoms with E-state index in [0.717, 1.165) is 0 Å². The molecule has 0 unspecified atom stereocenters. The lowest BCUT2D eigenvalue weighted by molar-refractivity contribution is 2.42. The van der Waals surface area contributed by atoms with Gasteiger partial charge < -0.3 is 0 Å². The van der Waals surface area contributed by atoms with Crippen LogP contribution in [0.15, 0.2) is 64.9 Å². The molecule has 0 aromatic heterocycles. The van der Waals surface area contributed by atoms with Crippen LogP contribution in [-0.4, -0.2) is 0 Å². The molecule has 0 aromatic carbocycles. The summed E-state index contributed by atoms with van der Waals surface area (Å²) in [6.45, 7) is 0. The summed E-state index contributed by atoms with van der Waals surface area (Å²) in [6, 6.07) is 0. The molecule has 0 saturated heterocycles. The Morgan fingerprint density at radius 3 is 0.444 bits per heavy atom. The van der Waals surface area contributed by atoms with Crippen molar-refractivity contribution >= 4 is 70.6 Å². The molecule has 0 radical (unpaired) electrons. The van der Waals surface area contributed by atoms with Gasteiger partial charge in [0.2, 0.25) is 0 Å². The fraction of sp³-hybridized carbons (Fsp3) is 0. The smallest absolute Gasteiger partial charge is 0.0181 e. The Morgan fingerprint density at radius 1 is 0.222 bits per heavy atom. The van der Waals surface area contributed by atoms with E-state index in [2.05, 4.69) is 64.9 Å². The van der Waals surface area contributed by atoms with Crippen molar-refractivity contribution in [1.29, 1.82) is 0 Å². The molecule has 0 N–H and O–H groups in total. The molecule has 0 fully saturated rings. The van der Waals surface area contributed by atoms with Crippen LogP contribution in [0.2, 0.25) is 0 Å². The van der Waals surface area contributed by atoms with E-state index in [1.54, 1.807) is 70.6 Å². The third-order valence-corrected chi connectivity index (χ3v) is 5.83. The van der Waals surface area contributed by atoms with E-state index in [1.165, 1.54) is 0 Å². The number of hydrogen-bond acceptors (Lipinski definition) is 6. The average Bonchev–Trinajstić information content (AvgIpc) is 2.39. The van der Waals surface area contributed by atoms with Gasteiger partial charge in [0.1, 0.15) is 0 Å². The van der Waals surface area contributed by atoms with Gasteiger partial charge in [-0.25, -0.2) is 0 Å². The second-order valence-corrected chi connectivity index (χ2v) is 7.35. The van der Waals surface area contributed by atoms with Crippen molar-refractivity contribution in [3.05, 3.63) is 64.9 Å². The Labute approximate surface area is 134 Å². The maximum Gasteiger partial charge on any atom is -0.0181 e. The van der Waals surface area contributed by atoms with Crippen molar-refractivity contribution in [3.8, 4) is 0 Å². The van der Waals surface area contributed by atoms with Crippen LogP contribution >= 0.6 is 70.6 Å². The first kappa shape index (κ1) is 16.6. The van der Waals surface area contributed by atoms with Crippen LogP contribution in [0.25, 0.3) is 0 Å². The monoisotopic (exact) mass is 348 g/mol. The van der Waals surface area contributed by atoms with Gasteiger partial charge in [0, 0.05) is 0 Å². The topological polar surface area (TPSA) is 0 Å². The molecule has 6 heteroatoms. The first-order valence-corrected chi connectivity index (χ1v) is 10.5. The van der Waals surface area contributed by atoms with Gasteiger partial charge in [-0.2, -0.15) is 0 Å². The maximum absolute atomic E-state index is 2.08. The van der Waals surface area contributed by atoms with E-state index in [4.69, 9.17) is 0 Å². The molecule has 0 aliphatic carbocycles. The highest BCUT2D eigenvalue weighted by atomic mass is 32.2. The fourth-order valence-corrected chi connectivity index (χ4v) is 4.28. The third-order valence-electron chi connectivity index (χ3n) is 1.28. The van der Waals surface area contributed by atoms with Crippen LogP contribution in [-0.2, 0) is 0 Å². The average molecular weight is 349 g/mol. The van der Waals surface area contributed by atoms with Gasteiger partial charge in [0.25, 0.3) is 0 Å². The largest absolute Gasteiger partial charge is 0.105 e. The molecule has 0 aromatic rings. The minimum atomic E-state index is 1.68. The molecule has 0 spiro atoms. The summed E-state index contributed by atoms with van der Waals surface area (Å²) in [7, 11) is 0. The predicted molar refractivity (Wildman–Crippen MR) is 100 cm³/mol. The van der Waals surface area contributed by atoms with E-state index < -0.39 is 0 Å².